The van der Waals surface area contributed by atoms with Crippen LogP contribution in [0.2, 0.25) is 0 Å². The zero-order valence-corrected chi connectivity index (χ0v) is 11.4. The molecule has 5 nitrogen and oxygen atoms in total. The molecule has 2 fully saturated rings. The molecular weight excluding hydrogens is 234 g/mol. The van der Waals surface area contributed by atoms with Gasteiger partial charge in [0.15, 0.2) is 0 Å². The zero-order valence-electron chi connectivity index (χ0n) is 11.4. The highest BCUT2D eigenvalue weighted by Crippen LogP contribution is 2.29. The second-order valence-corrected chi connectivity index (χ2v) is 4.89. The van der Waals surface area contributed by atoms with Crippen LogP contribution >= 0.6 is 0 Å². The lowest BCUT2D eigenvalue weighted by molar-refractivity contribution is -0.170. The maximum absolute atomic E-state index is 6.04. The molecule has 1 N–H and O–H groups in total. The minimum atomic E-state index is 0.153. The van der Waals surface area contributed by atoms with Crippen LogP contribution in [0.5, 0.6) is 0 Å². The van der Waals surface area contributed by atoms with E-state index < -0.39 is 0 Å². The normalized spacial score (nSPS) is 35.7. The number of nitrogens with one attached hydrogen (secondary N) is 1. The number of ether oxygens (including phenoxy) is 4. The van der Waals surface area contributed by atoms with Crippen LogP contribution in [0.15, 0.2) is 0 Å². The average Bonchev–Trinajstić information content (AvgIpc) is 2.86. The van der Waals surface area contributed by atoms with Crippen LogP contribution in [-0.2, 0) is 18.9 Å². The third-order valence-electron chi connectivity index (χ3n) is 3.57. The molecule has 1 saturated heterocycles. The molecule has 1 heterocycles. The van der Waals surface area contributed by atoms with E-state index in [1.165, 1.54) is 0 Å². The predicted octanol–water partition coefficient (Wildman–Crippen LogP) is 0.574. The Morgan fingerprint density at radius 2 is 2.22 bits per heavy atom. The number of hydrogen-bond acceptors (Lipinski definition) is 5. The number of rotatable bonds is 8. The zero-order chi connectivity index (χ0) is 12.8. The van der Waals surface area contributed by atoms with E-state index in [2.05, 4.69) is 12.2 Å². The molecule has 0 amide bonds. The SMILES string of the molecule is CCNC1CC(OC2CCOC2)C1OCCOC. The maximum atomic E-state index is 6.04. The highest BCUT2D eigenvalue weighted by atomic mass is 16.6. The fourth-order valence-corrected chi connectivity index (χ4v) is 2.53. The first kappa shape index (κ1) is 14.2. The Morgan fingerprint density at radius 1 is 1.33 bits per heavy atom. The summed E-state index contributed by atoms with van der Waals surface area (Å²) in [6, 6.07) is 0.416. The number of hydrogen-bond donors (Lipinski definition) is 1. The van der Waals surface area contributed by atoms with Crippen molar-refractivity contribution in [3.8, 4) is 0 Å². The summed E-state index contributed by atoms with van der Waals surface area (Å²) in [5, 5.41) is 3.44. The second-order valence-electron chi connectivity index (χ2n) is 4.89. The Labute approximate surface area is 109 Å². The van der Waals surface area contributed by atoms with Crippen molar-refractivity contribution in [3.05, 3.63) is 0 Å². The summed E-state index contributed by atoms with van der Waals surface area (Å²) in [7, 11) is 1.69. The molecule has 0 aromatic rings. The summed E-state index contributed by atoms with van der Waals surface area (Å²) in [6.07, 6.45) is 2.65. The van der Waals surface area contributed by atoms with Crippen LogP contribution < -0.4 is 5.32 Å². The van der Waals surface area contributed by atoms with Crippen molar-refractivity contribution in [3.63, 3.8) is 0 Å². The van der Waals surface area contributed by atoms with Crippen molar-refractivity contribution >= 4 is 0 Å². The largest absolute Gasteiger partial charge is 0.382 e. The molecule has 2 aliphatic rings. The molecule has 4 unspecified atom stereocenters. The van der Waals surface area contributed by atoms with Crippen molar-refractivity contribution in [2.24, 2.45) is 0 Å². The maximum Gasteiger partial charge on any atom is 0.0991 e. The van der Waals surface area contributed by atoms with Crippen molar-refractivity contribution in [2.75, 3.05) is 40.1 Å². The van der Waals surface area contributed by atoms with Crippen LogP contribution in [0.3, 0.4) is 0 Å². The van der Waals surface area contributed by atoms with Gasteiger partial charge in [0.2, 0.25) is 0 Å². The van der Waals surface area contributed by atoms with Gasteiger partial charge in [0.05, 0.1) is 38.1 Å². The molecule has 0 radical (unpaired) electrons. The lowest BCUT2D eigenvalue weighted by Gasteiger charge is -2.45. The van der Waals surface area contributed by atoms with Crippen LogP contribution in [0.25, 0.3) is 0 Å². The van der Waals surface area contributed by atoms with Gasteiger partial charge in [-0.1, -0.05) is 6.92 Å². The van der Waals surface area contributed by atoms with Gasteiger partial charge in [-0.15, -0.1) is 0 Å². The first-order chi connectivity index (χ1) is 8.85. The van der Waals surface area contributed by atoms with E-state index >= 15 is 0 Å². The van der Waals surface area contributed by atoms with E-state index in [0.717, 1.165) is 32.6 Å². The third kappa shape index (κ3) is 3.65. The highest BCUT2D eigenvalue weighted by molar-refractivity contribution is 4.97. The summed E-state index contributed by atoms with van der Waals surface area (Å²) in [4.78, 5) is 0. The minimum Gasteiger partial charge on any atom is -0.382 e. The lowest BCUT2D eigenvalue weighted by Crippen LogP contribution is -2.61. The standard InChI is InChI=1S/C13H25NO4/c1-3-14-11-8-12(13(11)17-7-6-15-2)18-10-4-5-16-9-10/h10-14H,3-9H2,1-2H3. The van der Waals surface area contributed by atoms with Crippen molar-refractivity contribution in [1.82, 2.24) is 5.32 Å². The molecule has 5 heteroatoms. The topological polar surface area (TPSA) is 49.0 Å². The summed E-state index contributed by atoms with van der Waals surface area (Å²) in [5.41, 5.74) is 0. The molecule has 2 rings (SSSR count). The molecule has 106 valence electrons. The summed E-state index contributed by atoms with van der Waals surface area (Å²) < 4.78 is 22.2. The van der Waals surface area contributed by atoms with E-state index in [-0.39, 0.29) is 18.3 Å². The van der Waals surface area contributed by atoms with Gasteiger partial charge in [0, 0.05) is 19.8 Å². The number of methoxy groups -OCH3 is 1. The van der Waals surface area contributed by atoms with E-state index in [4.69, 9.17) is 18.9 Å². The third-order valence-corrected chi connectivity index (χ3v) is 3.57. The van der Waals surface area contributed by atoms with Gasteiger partial charge < -0.3 is 24.3 Å². The lowest BCUT2D eigenvalue weighted by atomic mass is 9.85. The molecule has 0 aromatic carbocycles. The molecule has 0 spiro atoms. The Kier molecular flexibility index (Phi) is 5.85. The van der Waals surface area contributed by atoms with E-state index in [0.29, 0.717) is 19.3 Å². The van der Waals surface area contributed by atoms with E-state index in [1.807, 2.05) is 0 Å². The molecule has 0 bridgehead atoms. The quantitative estimate of drug-likeness (QED) is 0.646. The van der Waals surface area contributed by atoms with Gasteiger partial charge >= 0.3 is 0 Å². The summed E-state index contributed by atoms with van der Waals surface area (Å²) in [6.45, 7) is 5.90. The monoisotopic (exact) mass is 259 g/mol. The Hall–Kier alpha value is -0.200. The van der Waals surface area contributed by atoms with Gasteiger partial charge in [0.25, 0.3) is 0 Å². The fourth-order valence-electron chi connectivity index (χ4n) is 2.53. The molecule has 1 aliphatic heterocycles. The summed E-state index contributed by atoms with van der Waals surface area (Å²) >= 11 is 0. The van der Waals surface area contributed by atoms with Gasteiger partial charge in [-0.05, 0) is 19.4 Å². The Bertz CT molecular complexity index is 233. The average molecular weight is 259 g/mol. The van der Waals surface area contributed by atoms with Gasteiger partial charge in [-0.25, -0.2) is 0 Å². The predicted molar refractivity (Wildman–Crippen MR) is 67.8 cm³/mol. The Morgan fingerprint density at radius 3 is 2.89 bits per heavy atom. The van der Waals surface area contributed by atoms with E-state index in [9.17, 15) is 0 Å². The van der Waals surface area contributed by atoms with Gasteiger partial charge in [0.1, 0.15) is 0 Å². The van der Waals surface area contributed by atoms with Crippen molar-refractivity contribution in [2.45, 2.75) is 44.1 Å². The van der Waals surface area contributed by atoms with Crippen molar-refractivity contribution < 1.29 is 18.9 Å². The van der Waals surface area contributed by atoms with Crippen molar-refractivity contribution in [1.29, 1.82) is 0 Å². The summed E-state index contributed by atoms with van der Waals surface area (Å²) in [5.74, 6) is 0. The highest BCUT2D eigenvalue weighted by Gasteiger charge is 2.43. The fraction of sp³-hybridized carbons (Fsp3) is 1.00. The minimum absolute atomic E-state index is 0.153. The molecule has 18 heavy (non-hydrogen) atoms. The van der Waals surface area contributed by atoms with Crippen LogP contribution in [0.4, 0.5) is 0 Å². The molecule has 0 aromatic heterocycles. The smallest absolute Gasteiger partial charge is 0.0991 e. The van der Waals surface area contributed by atoms with Gasteiger partial charge in [-0.3, -0.25) is 0 Å². The number of likely N-dealkylation sites (N-methyl/N-ethyl adjacent to an activating group) is 1. The van der Waals surface area contributed by atoms with Crippen LogP contribution in [-0.4, -0.2) is 64.4 Å². The molecule has 1 aliphatic carbocycles. The first-order valence-corrected chi connectivity index (χ1v) is 6.92. The Balaban J connectivity index is 1.74. The van der Waals surface area contributed by atoms with Crippen LogP contribution in [0, 0.1) is 0 Å². The van der Waals surface area contributed by atoms with Crippen LogP contribution in [0.1, 0.15) is 19.8 Å². The molecule has 4 atom stereocenters. The van der Waals surface area contributed by atoms with Gasteiger partial charge in [-0.2, -0.15) is 0 Å². The molecular formula is C13H25NO4. The second kappa shape index (κ2) is 7.40. The molecule has 1 saturated carbocycles. The van der Waals surface area contributed by atoms with E-state index in [1.54, 1.807) is 7.11 Å². The first-order valence-electron chi connectivity index (χ1n) is 6.92.